The minimum absolute atomic E-state index is 0.00603. The molecule has 1 aromatic rings. The zero-order valence-corrected chi connectivity index (χ0v) is 13.8. The number of nitrogens with one attached hydrogen (secondary N) is 2. The van der Waals surface area contributed by atoms with E-state index in [1.54, 1.807) is 6.92 Å². The molecule has 5 nitrogen and oxygen atoms in total. The van der Waals surface area contributed by atoms with Gasteiger partial charge in [0.05, 0.1) is 11.6 Å². The Kier molecular flexibility index (Phi) is 7.22. The Hall–Kier alpha value is -1.56. The van der Waals surface area contributed by atoms with Crippen molar-refractivity contribution < 1.29 is 14.7 Å². The van der Waals surface area contributed by atoms with Gasteiger partial charge in [0.15, 0.2) is 0 Å². The number of hydrogen-bond acceptors (Lipinski definition) is 2. The number of amides is 2. The standard InChI is InChI=1S/C15H21BrN2O3/c1-10(14(19)20)6-5-7-11(2)17-15(21)18-13-9-4-3-8-12(13)16/h3-4,8-11H,5-7H2,1-2H3,(H,19,20)(H2,17,18,21). The molecule has 0 aliphatic heterocycles. The predicted octanol–water partition coefficient (Wildman–Crippen LogP) is 3.85. The fraction of sp³-hybridized carbons (Fsp3) is 0.467. The van der Waals surface area contributed by atoms with Crippen LogP contribution in [0.15, 0.2) is 28.7 Å². The Morgan fingerprint density at radius 3 is 2.52 bits per heavy atom. The van der Waals surface area contributed by atoms with Gasteiger partial charge in [-0.05, 0) is 47.8 Å². The van der Waals surface area contributed by atoms with Crippen LogP contribution in [0.5, 0.6) is 0 Å². The van der Waals surface area contributed by atoms with E-state index in [1.165, 1.54) is 0 Å². The summed E-state index contributed by atoms with van der Waals surface area (Å²) < 4.78 is 0.822. The second kappa shape index (κ2) is 8.67. The smallest absolute Gasteiger partial charge is 0.319 e. The van der Waals surface area contributed by atoms with E-state index in [0.29, 0.717) is 12.1 Å². The average molecular weight is 357 g/mol. The fourth-order valence-corrected chi connectivity index (χ4v) is 2.25. The molecule has 0 saturated heterocycles. The molecule has 0 bridgehead atoms. The molecule has 6 heteroatoms. The Morgan fingerprint density at radius 1 is 1.24 bits per heavy atom. The van der Waals surface area contributed by atoms with Crippen LogP contribution in [0, 0.1) is 5.92 Å². The normalized spacial score (nSPS) is 13.3. The van der Waals surface area contributed by atoms with Crippen molar-refractivity contribution in [3.8, 4) is 0 Å². The monoisotopic (exact) mass is 356 g/mol. The Bertz CT molecular complexity index is 494. The number of halogens is 1. The van der Waals surface area contributed by atoms with E-state index < -0.39 is 5.97 Å². The second-order valence-corrected chi connectivity index (χ2v) is 6.00. The number of benzene rings is 1. The van der Waals surface area contributed by atoms with Gasteiger partial charge in [-0.15, -0.1) is 0 Å². The molecular formula is C15H21BrN2O3. The van der Waals surface area contributed by atoms with Crippen LogP contribution in [0.2, 0.25) is 0 Å². The Morgan fingerprint density at radius 2 is 1.90 bits per heavy atom. The van der Waals surface area contributed by atoms with Gasteiger partial charge in [-0.2, -0.15) is 0 Å². The van der Waals surface area contributed by atoms with Crippen LogP contribution in [-0.2, 0) is 4.79 Å². The molecule has 2 atom stereocenters. The quantitative estimate of drug-likeness (QED) is 0.694. The third kappa shape index (κ3) is 6.62. The van der Waals surface area contributed by atoms with E-state index in [2.05, 4.69) is 26.6 Å². The topological polar surface area (TPSA) is 78.4 Å². The zero-order chi connectivity index (χ0) is 15.8. The molecule has 1 aromatic carbocycles. The van der Waals surface area contributed by atoms with E-state index >= 15 is 0 Å². The van der Waals surface area contributed by atoms with Gasteiger partial charge in [0, 0.05) is 10.5 Å². The van der Waals surface area contributed by atoms with Crippen LogP contribution in [0.1, 0.15) is 33.1 Å². The van der Waals surface area contributed by atoms with E-state index in [-0.39, 0.29) is 18.0 Å². The largest absolute Gasteiger partial charge is 0.481 e. The maximum atomic E-state index is 11.8. The van der Waals surface area contributed by atoms with Crippen molar-refractivity contribution in [1.82, 2.24) is 5.32 Å². The van der Waals surface area contributed by atoms with Gasteiger partial charge in [-0.25, -0.2) is 4.79 Å². The van der Waals surface area contributed by atoms with Crippen molar-refractivity contribution in [2.24, 2.45) is 5.92 Å². The average Bonchev–Trinajstić information content (AvgIpc) is 2.41. The molecule has 0 aliphatic carbocycles. The molecule has 0 aromatic heterocycles. The lowest BCUT2D eigenvalue weighted by Crippen LogP contribution is -2.36. The number of carboxylic acids is 1. The number of carbonyl (C=O) groups is 2. The molecule has 0 fully saturated rings. The number of rotatable bonds is 7. The third-order valence-corrected chi connectivity index (χ3v) is 3.89. The van der Waals surface area contributed by atoms with Crippen LogP contribution in [0.3, 0.4) is 0 Å². The number of carboxylic acid groups (broad SMARTS) is 1. The molecule has 0 spiro atoms. The molecule has 2 amide bonds. The lowest BCUT2D eigenvalue weighted by atomic mass is 10.0. The van der Waals surface area contributed by atoms with Gasteiger partial charge in [0.1, 0.15) is 0 Å². The van der Waals surface area contributed by atoms with Crippen molar-refractivity contribution in [3.05, 3.63) is 28.7 Å². The summed E-state index contributed by atoms with van der Waals surface area (Å²) in [6.45, 7) is 3.60. The third-order valence-electron chi connectivity index (χ3n) is 3.20. The van der Waals surface area contributed by atoms with Crippen molar-refractivity contribution in [1.29, 1.82) is 0 Å². The number of anilines is 1. The van der Waals surface area contributed by atoms with E-state index in [9.17, 15) is 9.59 Å². The van der Waals surface area contributed by atoms with Gasteiger partial charge in [-0.3, -0.25) is 4.79 Å². The molecule has 0 aliphatic rings. The highest BCUT2D eigenvalue weighted by atomic mass is 79.9. The summed E-state index contributed by atoms with van der Waals surface area (Å²) in [6.07, 6.45) is 2.14. The molecule has 0 radical (unpaired) electrons. The molecule has 21 heavy (non-hydrogen) atoms. The highest BCUT2D eigenvalue weighted by molar-refractivity contribution is 9.10. The maximum Gasteiger partial charge on any atom is 0.319 e. The first-order valence-electron chi connectivity index (χ1n) is 6.95. The van der Waals surface area contributed by atoms with Crippen molar-refractivity contribution in [3.63, 3.8) is 0 Å². The van der Waals surface area contributed by atoms with Crippen LogP contribution < -0.4 is 10.6 Å². The van der Waals surface area contributed by atoms with Gasteiger partial charge in [-0.1, -0.05) is 25.5 Å². The molecule has 116 valence electrons. The first kappa shape index (κ1) is 17.5. The van der Waals surface area contributed by atoms with Gasteiger partial charge in [0.2, 0.25) is 0 Å². The number of urea groups is 1. The molecule has 2 unspecified atom stereocenters. The first-order chi connectivity index (χ1) is 9.90. The second-order valence-electron chi connectivity index (χ2n) is 5.15. The first-order valence-corrected chi connectivity index (χ1v) is 7.74. The van der Waals surface area contributed by atoms with Crippen molar-refractivity contribution >= 4 is 33.6 Å². The van der Waals surface area contributed by atoms with Gasteiger partial charge < -0.3 is 15.7 Å². The van der Waals surface area contributed by atoms with Crippen molar-refractivity contribution in [2.75, 3.05) is 5.32 Å². The number of hydrogen-bond donors (Lipinski definition) is 3. The summed E-state index contributed by atoms with van der Waals surface area (Å²) in [4.78, 5) is 22.5. The zero-order valence-electron chi connectivity index (χ0n) is 12.2. The summed E-state index contributed by atoms with van der Waals surface area (Å²) in [6, 6.07) is 7.11. The van der Waals surface area contributed by atoms with E-state index in [0.717, 1.165) is 17.3 Å². The van der Waals surface area contributed by atoms with Crippen LogP contribution in [0.4, 0.5) is 10.5 Å². The lowest BCUT2D eigenvalue weighted by Gasteiger charge is -2.15. The van der Waals surface area contributed by atoms with Crippen molar-refractivity contribution in [2.45, 2.75) is 39.2 Å². The molecule has 0 heterocycles. The summed E-state index contributed by atoms with van der Waals surface area (Å²) in [5, 5.41) is 14.4. The summed E-state index contributed by atoms with van der Waals surface area (Å²) in [7, 11) is 0. The minimum Gasteiger partial charge on any atom is -0.481 e. The Labute approximate surface area is 133 Å². The number of para-hydroxylation sites is 1. The van der Waals surface area contributed by atoms with Gasteiger partial charge in [0.25, 0.3) is 0 Å². The SMILES string of the molecule is CC(CCCC(C)C(=O)O)NC(=O)Nc1ccccc1Br. The number of carbonyl (C=O) groups excluding carboxylic acids is 1. The fourth-order valence-electron chi connectivity index (χ4n) is 1.87. The molecule has 1 rings (SSSR count). The molecular weight excluding hydrogens is 336 g/mol. The highest BCUT2D eigenvalue weighted by Gasteiger charge is 2.12. The van der Waals surface area contributed by atoms with Crippen LogP contribution in [0.25, 0.3) is 0 Å². The number of aliphatic carboxylic acids is 1. The highest BCUT2D eigenvalue weighted by Crippen LogP contribution is 2.21. The maximum absolute atomic E-state index is 11.8. The minimum atomic E-state index is -0.776. The Balaban J connectivity index is 2.31. The summed E-state index contributed by atoms with van der Waals surface area (Å²) >= 11 is 3.36. The molecule has 0 saturated carbocycles. The summed E-state index contributed by atoms with van der Waals surface area (Å²) in [5.41, 5.74) is 0.710. The van der Waals surface area contributed by atoms with Crippen LogP contribution in [-0.4, -0.2) is 23.1 Å². The van der Waals surface area contributed by atoms with E-state index in [1.807, 2.05) is 31.2 Å². The molecule has 3 N–H and O–H groups in total. The summed E-state index contributed by atoms with van der Waals surface area (Å²) in [5.74, 6) is -1.12. The predicted molar refractivity (Wildman–Crippen MR) is 86.4 cm³/mol. The van der Waals surface area contributed by atoms with Crippen LogP contribution >= 0.6 is 15.9 Å². The van der Waals surface area contributed by atoms with E-state index in [4.69, 9.17) is 5.11 Å². The lowest BCUT2D eigenvalue weighted by molar-refractivity contribution is -0.141. The van der Waals surface area contributed by atoms with Gasteiger partial charge >= 0.3 is 12.0 Å².